The Morgan fingerprint density at radius 2 is 2.00 bits per heavy atom. The van der Waals surface area contributed by atoms with Crippen LogP contribution < -0.4 is 10.1 Å². The van der Waals surface area contributed by atoms with Gasteiger partial charge < -0.3 is 14.8 Å². The van der Waals surface area contributed by atoms with E-state index in [4.69, 9.17) is 21.1 Å². The van der Waals surface area contributed by atoms with E-state index in [2.05, 4.69) is 43.8 Å². The lowest BCUT2D eigenvalue weighted by molar-refractivity contribution is 0.199. The molecule has 0 aromatic heterocycles. The van der Waals surface area contributed by atoms with Gasteiger partial charge in [-0.3, -0.25) is 0 Å². The topological polar surface area (TPSA) is 30.5 Å². The molecular formula is C13H16Br2ClNO2. The first-order valence-electron chi connectivity index (χ1n) is 5.68. The number of ether oxygens (including phenoxy) is 2. The minimum atomic E-state index is 0.282. The Labute approximate surface area is 135 Å². The third-order valence-electron chi connectivity index (χ3n) is 2.24. The van der Waals surface area contributed by atoms with Crippen LogP contribution in [0.25, 0.3) is 0 Å². The number of halogens is 3. The summed E-state index contributed by atoms with van der Waals surface area (Å²) in [5.74, 6) is 0.724. The van der Waals surface area contributed by atoms with Crippen molar-refractivity contribution >= 4 is 43.5 Å². The van der Waals surface area contributed by atoms with E-state index < -0.39 is 0 Å². The molecule has 1 aromatic rings. The van der Waals surface area contributed by atoms with Gasteiger partial charge in [-0.2, -0.15) is 0 Å². The smallest absolute Gasteiger partial charge is 0.148 e. The van der Waals surface area contributed by atoms with Gasteiger partial charge >= 0.3 is 0 Å². The van der Waals surface area contributed by atoms with Crippen LogP contribution in [0, 0.1) is 0 Å². The van der Waals surface area contributed by atoms with Crippen molar-refractivity contribution in [3.05, 3.63) is 38.3 Å². The highest BCUT2D eigenvalue weighted by Crippen LogP contribution is 2.35. The maximum atomic E-state index is 5.69. The summed E-state index contributed by atoms with van der Waals surface area (Å²) in [6, 6.07) is 4.02. The van der Waals surface area contributed by atoms with E-state index in [1.54, 1.807) is 7.11 Å². The first kappa shape index (κ1) is 17.0. The molecule has 0 saturated heterocycles. The van der Waals surface area contributed by atoms with Crippen molar-refractivity contribution in [1.82, 2.24) is 5.32 Å². The molecule has 0 aliphatic carbocycles. The molecule has 1 N–H and O–H groups in total. The van der Waals surface area contributed by atoms with E-state index in [1.807, 2.05) is 12.1 Å². The van der Waals surface area contributed by atoms with Gasteiger partial charge in [0.15, 0.2) is 0 Å². The van der Waals surface area contributed by atoms with Gasteiger partial charge in [-0.1, -0.05) is 18.2 Å². The quantitative estimate of drug-likeness (QED) is 0.652. The molecule has 3 nitrogen and oxygen atoms in total. The SMILES string of the molecule is C=C(Cl)COc1c(Br)cc(CNCCOC)cc1Br. The average molecular weight is 414 g/mol. The van der Waals surface area contributed by atoms with Crippen LogP contribution in [0.2, 0.25) is 0 Å². The van der Waals surface area contributed by atoms with Crippen LogP contribution in [0.3, 0.4) is 0 Å². The number of methoxy groups -OCH3 is 1. The van der Waals surface area contributed by atoms with Crippen molar-refractivity contribution in [2.75, 3.05) is 26.9 Å². The highest BCUT2D eigenvalue weighted by molar-refractivity contribution is 9.11. The summed E-state index contributed by atoms with van der Waals surface area (Å²) in [7, 11) is 1.69. The Hall–Kier alpha value is -0.0700. The zero-order chi connectivity index (χ0) is 14.3. The van der Waals surface area contributed by atoms with Crippen LogP contribution in [0.1, 0.15) is 5.56 Å². The van der Waals surface area contributed by atoms with Crippen molar-refractivity contribution in [1.29, 1.82) is 0 Å². The van der Waals surface area contributed by atoms with E-state index in [0.29, 0.717) is 11.6 Å². The van der Waals surface area contributed by atoms with Crippen molar-refractivity contribution in [3.63, 3.8) is 0 Å². The van der Waals surface area contributed by atoms with Crippen LogP contribution in [-0.2, 0) is 11.3 Å². The van der Waals surface area contributed by atoms with Gasteiger partial charge in [0.2, 0.25) is 0 Å². The van der Waals surface area contributed by atoms with Gasteiger partial charge in [0.05, 0.1) is 15.6 Å². The zero-order valence-corrected chi connectivity index (χ0v) is 14.6. The molecule has 6 heteroatoms. The largest absolute Gasteiger partial charge is 0.486 e. The molecule has 19 heavy (non-hydrogen) atoms. The van der Waals surface area contributed by atoms with E-state index in [1.165, 1.54) is 0 Å². The Bertz CT molecular complexity index is 418. The number of hydrogen-bond donors (Lipinski definition) is 1. The normalized spacial score (nSPS) is 10.5. The number of hydrogen-bond acceptors (Lipinski definition) is 3. The molecule has 0 aliphatic heterocycles. The first-order valence-corrected chi connectivity index (χ1v) is 7.64. The van der Waals surface area contributed by atoms with Gasteiger partial charge in [0.1, 0.15) is 12.4 Å². The highest BCUT2D eigenvalue weighted by atomic mass is 79.9. The number of nitrogens with one attached hydrogen (secondary N) is 1. The monoisotopic (exact) mass is 411 g/mol. The van der Waals surface area contributed by atoms with Gasteiger partial charge in [-0.15, -0.1) is 0 Å². The van der Waals surface area contributed by atoms with E-state index in [0.717, 1.165) is 33.3 Å². The van der Waals surface area contributed by atoms with E-state index in [9.17, 15) is 0 Å². The Morgan fingerprint density at radius 3 is 2.53 bits per heavy atom. The highest BCUT2D eigenvalue weighted by Gasteiger charge is 2.09. The number of benzene rings is 1. The third-order valence-corrected chi connectivity index (χ3v) is 3.53. The van der Waals surface area contributed by atoms with Crippen molar-refractivity contribution in [2.45, 2.75) is 6.54 Å². The van der Waals surface area contributed by atoms with Crippen molar-refractivity contribution < 1.29 is 9.47 Å². The summed E-state index contributed by atoms with van der Waals surface area (Å²) >= 11 is 12.7. The minimum absolute atomic E-state index is 0.282. The first-order chi connectivity index (χ1) is 9.04. The minimum Gasteiger partial charge on any atom is -0.486 e. The van der Waals surface area contributed by atoms with Crippen LogP contribution in [-0.4, -0.2) is 26.9 Å². The Kier molecular flexibility index (Phi) is 8.02. The van der Waals surface area contributed by atoms with Crippen LogP contribution in [0.15, 0.2) is 32.7 Å². The average Bonchev–Trinajstić information content (AvgIpc) is 2.33. The molecule has 0 radical (unpaired) electrons. The molecular weight excluding hydrogens is 397 g/mol. The molecule has 0 unspecified atom stereocenters. The molecule has 0 amide bonds. The second-order valence-corrected chi connectivity index (χ2v) is 6.11. The van der Waals surface area contributed by atoms with Crippen molar-refractivity contribution in [3.8, 4) is 5.75 Å². The summed E-state index contributed by atoms with van der Waals surface area (Å²) in [6.45, 7) is 6.15. The lowest BCUT2D eigenvalue weighted by Gasteiger charge is -2.12. The molecule has 0 aliphatic rings. The van der Waals surface area contributed by atoms with Crippen molar-refractivity contribution in [2.24, 2.45) is 0 Å². The standard InChI is InChI=1S/C13H16Br2ClNO2/c1-9(16)8-19-13-11(14)5-10(6-12(13)15)7-17-3-4-18-2/h5-6,17H,1,3-4,7-8H2,2H3. The summed E-state index contributed by atoms with van der Waals surface area (Å²) in [5.41, 5.74) is 1.15. The summed E-state index contributed by atoms with van der Waals surface area (Å²) < 4.78 is 12.3. The lowest BCUT2D eigenvalue weighted by atomic mass is 10.2. The fourth-order valence-electron chi connectivity index (χ4n) is 1.41. The molecule has 1 rings (SSSR count). The van der Waals surface area contributed by atoms with E-state index >= 15 is 0 Å². The second-order valence-electron chi connectivity index (χ2n) is 3.86. The second kappa shape index (κ2) is 8.97. The predicted octanol–water partition coefficient (Wildman–Crippen LogP) is 4.08. The molecule has 1 aromatic carbocycles. The zero-order valence-electron chi connectivity index (χ0n) is 10.6. The van der Waals surface area contributed by atoms with Gasteiger partial charge in [-0.05, 0) is 49.6 Å². The molecule has 0 fully saturated rings. The predicted molar refractivity (Wildman–Crippen MR) is 85.9 cm³/mol. The third kappa shape index (κ3) is 6.27. The molecule has 0 spiro atoms. The summed E-state index contributed by atoms with van der Waals surface area (Å²) in [6.07, 6.45) is 0. The Balaban J connectivity index is 2.65. The van der Waals surface area contributed by atoms with Gasteiger partial charge in [0.25, 0.3) is 0 Å². The summed E-state index contributed by atoms with van der Waals surface area (Å²) in [4.78, 5) is 0. The molecule has 0 saturated carbocycles. The number of rotatable bonds is 8. The maximum Gasteiger partial charge on any atom is 0.148 e. The van der Waals surface area contributed by atoms with E-state index in [-0.39, 0.29) is 6.61 Å². The fraction of sp³-hybridized carbons (Fsp3) is 0.385. The lowest BCUT2D eigenvalue weighted by Crippen LogP contribution is -2.18. The molecule has 0 atom stereocenters. The van der Waals surface area contributed by atoms with Gasteiger partial charge in [-0.25, -0.2) is 0 Å². The maximum absolute atomic E-state index is 5.69. The Morgan fingerprint density at radius 1 is 1.37 bits per heavy atom. The van der Waals surface area contributed by atoms with Gasteiger partial charge in [0, 0.05) is 25.2 Å². The molecule has 0 bridgehead atoms. The fourth-order valence-corrected chi connectivity index (χ4v) is 2.97. The van der Waals surface area contributed by atoms with Crippen LogP contribution in [0.5, 0.6) is 5.75 Å². The summed E-state index contributed by atoms with van der Waals surface area (Å²) in [5, 5.41) is 3.75. The molecule has 106 valence electrons. The molecule has 0 heterocycles. The van der Waals surface area contributed by atoms with Crippen LogP contribution in [0.4, 0.5) is 0 Å². The van der Waals surface area contributed by atoms with Crippen LogP contribution >= 0.6 is 43.5 Å².